The van der Waals surface area contributed by atoms with Crippen molar-refractivity contribution in [1.82, 2.24) is 19.7 Å². The second kappa shape index (κ2) is 7.52. The minimum Gasteiger partial charge on any atom is -0.465 e. The van der Waals surface area contributed by atoms with Crippen LogP contribution in [0.2, 0.25) is 0 Å². The molecule has 4 aromatic rings. The zero-order chi connectivity index (χ0) is 22.4. The molecule has 9 heteroatoms. The number of carbonyl (C=O) groups is 2. The largest absolute Gasteiger partial charge is 0.465 e. The lowest BCUT2D eigenvalue weighted by atomic mass is 10.0. The molecule has 3 heterocycles. The number of hydrogen-bond donors (Lipinski definition) is 2. The van der Waals surface area contributed by atoms with Crippen molar-refractivity contribution in [3.8, 4) is 0 Å². The highest BCUT2D eigenvalue weighted by atomic mass is 16.5. The molecule has 1 aliphatic heterocycles. The van der Waals surface area contributed by atoms with Crippen LogP contribution in [0.3, 0.4) is 0 Å². The molecule has 2 aromatic carbocycles. The van der Waals surface area contributed by atoms with Gasteiger partial charge in [0.15, 0.2) is 0 Å². The molecule has 1 aliphatic rings. The van der Waals surface area contributed by atoms with Crippen molar-refractivity contribution in [3.05, 3.63) is 80.0 Å². The predicted molar refractivity (Wildman–Crippen MR) is 118 cm³/mol. The summed E-state index contributed by atoms with van der Waals surface area (Å²) >= 11 is 0. The Hall–Kier alpha value is -4.14. The van der Waals surface area contributed by atoms with Gasteiger partial charge in [0.2, 0.25) is 5.91 Å². The van der Waals surface area contributed by atoms with Gasteiger partial charge < -0.3 is 14.6 Å². The van der Waals surface area contributed by atoms with Crippen LogP contribution in [0.5, 0.6) is 0 Å². The monoisotopic (exact) mass is 432 g/mol. The van der Waals surface area contributed by atoms with Gasteiger partial charge in [-0.3, -0.25) is 19.5 Å². The van der Waals surface area contributed by atoms with Crippen LogP contribution in [0.15, 0.2) is 52.1 Å². The Kier molecular flexibility index (Phi) is 4.66. The molecule has 0 saturated carbocycles. The predicted octanol–water partition coefficient (Wildman–Crippen LogP) is 1.54. The Morgan fingerprint density at radius 3 is 2.62 bits per heavy atom. The van der Waals surface area contributed by atoms with E-state index in [9.17, 15) is 19.2 Å². The number of benzene rings is 2. The molecule has 162 valence electrons. The topological polar surface area (TPSA) is 117 Å². The summed E-state index contributed by atoms with van der Waals surface area (Å²) in [5.74, 6) is -0.702. The number of nitrogens with zero attached hydrogens (tertiary/aromatic N) is 2. The van der Waals surface area contributed by atoms with E-state index in [0.29, 0.717) is 30.5 Å². The van der Waals surface area contributed by atoms with Crippen LogP contribution in [0, 0.1) is 0 Å². The molecule has 1 amide bonds. The molecular weight excluding hydrogens is 412 g/mol. The van der Waals surface area contributed by atoms with Gasteiger partial charge in [0.25, 0.3) is 11.1 Å². The van der Waals surface area contributed by atoms with Crippen LogP contribution in [0.1, 0.15) is 21.6 Å². The molecule has 0 atom stereocenters. The number of H-pyrrole nitrogens is 2. The highest BCUT2D eigenvalue weighted by Gasteiger charge is 2.25. The fraction of sp³-hybridized carbons (Fsp3) is 0.217. The van der Waals surface area contributed by atoms with E-state index in [1.807, 2.05) is 6.07 Å². The lowest BCUT2D eigenvalue weighted by molar-refractivity contribution is -0.133. The summed E-state index contributed by atoms with van der Waals surface area (Å²) in [7, 11) is 1.33. The summed E-state index contributed by atoms with van der Waals surface area (Å²) in [6.07, 6.45) is 0.618. The first-order valence-corrected chi connectivity index (χ1v) is 10.2. The quantitative estimate of drug-likeness (QED) is 0.476. The van der Waals surface area contributed by atoms with Crippen LogP contribution in [0.4, 0.5) is 0 Å². The van der Waals surface area contributed by atoms with Gasteiger partial charge in [-0.1, -0.05) is 12.1 Å². The number of rotatable bonds is 3. The van der Waals surface area contributed by atoms with Crippen LogP contribution in [-0.4, -0.2) is 45.2 Å². The molecule has 0 spiro atoms. The molecule has 32 heavy (non-hydrogen) atoms. The van der Waals surface area contributed by atoms with Crippen LogP contribution < -0.4 is 11.1 Å². The van der Waals surface area contributed by atoms with Gasteiger partial charge in [-0.15, -0.1) is 0 Å². The summed E-state index contributed by atoms with van der Waals surface area (Å²) in [4.78, 5) is 55.0. The van der Waals surface area contributed by atoms with Crippen molar-refractivity contribution in [2.24, 2.45) is 0 Å². The number of nitrogens with one attached hydrogen (secondary N) is 2. The molecule has 5 rings (SSSR count). The second-order valence-corrected chi connectivity index (χ2v) is 7.78. The van der Waals surface area contributed by atoms with E-state index in [-0.39, 0.29) is 17.8 Å². The van der Waals surface area contributed by atoms with E-state index >= 15 is 0 Å². The minimum absolute atomic E-state index is 0.260. The van der Waals surface area contributed by atoms with E-state index in [1.165, 1.54) is 7.11 Å². The number of carbonyl (C=O) groups excluding carboxylic acids is 2. The normalized spacial score (nSPS) is 13.3. The van der Waals surface area contributed by atoms with Gasteiger partial charge >= 0.3 is 5.97 Å². The standard InChI is InChI=1S/C23H20N4O5/c1-32-23(31)13-6-7-18-16(10-13)17-11-26(9-8-19(17)24-18)20(28)12-27-22(30)15-5-3-2-4-14(15)21(29)25-27/h2-7,10,24H,8-9,11-12H2,1H3,(H,25,29). The average molecular weight is 432 g/mol. The summed E-state index contributed by atoms with van der Waals surface area (Å²) < 4.78 is 5.87. The van der Waals surface area contributed by atoms with E-state index < -0.39 is 17.1 Å². The average Bonchev–Trinajstić information content (AvgIpc) is 3.19. The number of esters is 1. The second-order valence-electron chi connectivity index (χ2n) is 7.78. The van der Waals surface area contributed by atoms with E-state index in [0.717, 1.165) is 26.8 Å². The van der Waals surface area contributed by atoms with Crippen molar-refractivity contribution in [1.29, 1.82) is 0 Å². The van der Waals surface area contributed by atoms with Crippen LogP contribution >= 0.6 is 0 Å². The molecule has 0 unspecified atom stereocenters. The van der Waals surface area contributed by atoms with E-state index in [4.69, 9.17) is 4.74 Å². The fourth-order valence-electron chi connectivity index (χ4n) is 4.27. The summed E-state index contributed by atoms with van der Waals surface area (Å²) in [6, 6.07) is 11.8. The zero-order valence-corrected chi connectivity index (χ0v) is 17.3. The molecule has 2 N–H and O–H groups in total. The lowest BCUT2D eigenvalue weighted by Gasteiger charge is -2.27. The Balaban J connectivity index is 1.45. The van der Waals surface area contributed by atoms with Gasteiger partial charge in [0.05, 0.1) is 23.4 Å². The summed E-state index contributed by atoms with van der Waals surface area (Å²) in [5.41, 5.74) is 2.44. The smallest absolute Gasteiger partial charge is 0.337 e. The third-order valence-electron chi connectivity index (χ3n) is 5.93. The molecular formula is C23H20N4O5. The molecule has 9 nitrogen and oxygen atoms in total. The van der Waals surface area contributed by atoms with Crippen molar-refractivity contribution < 1.29 is 14.3 Å². The van der Waals surface area contributed by atoms with Crippen molar-refractivity contribution in [2.75, 3.05) is 13.7 Å². The van der Waals surface area contributed by atoms with E-state index in [1.54, 1.807) is 41.3 Å². The van der Waals surface area contributed by atoms with Crippen LogP contribution in [-0.2, 0) is 29.0 Å². The lowest BCUT2D eigenvalue weighted by Crippen LogP contribution is -2.41. The molecule has 0 bridgehead atoms. The first kappa shape index (κ1) is 19.8. The zero-order valence-electron chi connectivity index (χ0n) is 17.3. The molecule has 0 saturated heterocycles. The van der Waals surface area contributed by atoms with Crippen molar-refractivity contribution in [2.45, 2.75) is 19.5 Å². The maximum Gasteiger partial charge on any atom is 0.337 e. The molecule has 2 aromatic heterocycles. The summed E-state index contributed by atoms with van der Waals surface area (Å²) in [6.45, 7) is 0.560. The Bertz CT molecular complexity index is 1510. The van der Waals surface area contributed by atoms with E-state index in [2.05, 4.69) is 10.1 Å². The number of amides is 1. The number of fused-ring (bicyclic) bond motifs is 4. The minimum atomic E-state index is -0.426. The van der Waals surface area contributed by atoms with Gasteiger partial charge in [0.1, 0.15) is 6.54 Å². The van der Waals surface area contributed by atoms with Gasteiger partial charge in [-0.05, 0) is 30.3 Å². The number of aromatic amines is 2. The Morgan fingerprint density at radius 2 is 1.84 bits per heavy atom. The third-order valence-corrected chi connectivity index (χ3v) is 5.93. The van der Waals surface area contributed by atoms with Gasteiger partial charge in [0, 0.05) is 41.7 Å². The third kappa shape index (κ3) is 3.18. The highest BCUT2D eigenvalue weighted by molar-refractivity contribution is 5.96. The van der Waals surface area contributed by atoms with Crippen LogP contribution in [0.25, 0.3) is 21.7 Å². The Labute approximate surface area is 181 Å². The fourth-order valence-corrected chi connectivity index (χ4v) is 4.27. The first-order valence-electron chi connectivity index (χ1n) is 10.2. The summed E-state index contributed by atoms with van der Waals surface area (Å²) in [5, 5.41) is 3.93. The number of hydrogen-bond acceptors (Lipinski definition) is 5. The number of aromatic nitrogens is 3. The SMILES string of the molecule is COC(=O)c1ccc2[nH]c3c(c2c1)CN(C(=O)Cn1[nH]c(=O)c2ccccc2c1=O)CC3. The van der Waals surface area contributed by atoms with Crippen molar-refractivity contribution >= 4 is 33.6 Å². The highest BCUT2D eigenvalue weighted by Crippen LogP contribution is 2.29. The Morgan fingerprint density at radius 1 is 1.06 bits per heavy atom. The van der Waals surface area contributed by atoms with Gasteiger partial charge in [-0.2, -0.15) is 0 Å². The number of methoxy groups -OCH3 is 1. The maximum absolute atomic E-state index is 13.0. The molecule has 0 aliphatic carbocycles. The van der Waals surface area contributed by atoms with Gasteiger partial charge in [-0.25, -0.2) is 9.48 Å². The number of ether oxygens (including phenoxy) is 1. The van der Waals surface area contributed by atoms with Crippen molar-refractivity contribution in [3.63, 3.8) is 0 Å². The first-order chi connectivity index (χ1) is 15.5. The molecule has 0 fully saturated rings. The maximum atomic E-state index is 13.0. The molecule has 0 radical (unpaired) electrons.